The Labute approximate surface area is 136 Å². The third-order valence-corrected chi connectivity index (χ3v) is 4.43. The summed E-state index contributed by atoms with van der Waals surface area (Å²) in [7, 11) is 0. The molecular weight excluding hydrogens is 352 g/mol. The van der Waals surface area contributed by atoms with Crippen LogP contribution in [0.5, 0.6) is 5.06 Å². The van der Waals surface area contributed by atoms with Gasteiger partial charge in [0.2, 0.25) is 0 Å². The first-order valence-corrected chi connectivity index (χ1v) is 8.27. The standard InChI is InChI=1S/C16H15BrO3S/c1-10(12-6-4-3-5-7-12)16(19)20-14-9-8-13(21-14)15(18)11(2)17/h3-11H,1-2H3. The zero-order valence-electron chi connectivity index (χ0n) is 11.7. The Morgan fingerprint density at radius 2 is 1.76 bits per heavy atom. The molecule has 0 amide bonds. The maximum Gasteiger partial charge on any atom is 0.319 e. The highest BCUT2D eigenvalue weighted by Gasteiger charge is 2.20. The number of benzene rings is 1. The highest BCUT2D eigenvalue weighted by Crippen LogP contribution is 2.28. The summed E-state index contributed by atoms with van der Waals surface area (Å²) in [5, 5.41) is 0.444. The third kappa shape index (κ3) is 4.02. The number of carbonyl (C=O) groups is 2. The van der Waals surface area contributed by atoms with E-state index in [-0.39, 0.29) is 22.5 Å². The Hall–Kier alpha value is -1.46. The van der Waals surface area contributed by atoms with E-state index in [0.717, 1.165) is 5.56 Å². The van der Waals surface area contributed by atoms with Crippen molar-refractivity contribution in [3.8, 4) is 5.06 Å². The predicted molar refractivity (Wildman–Crippen MR) is 87.5 cm³/mol. The molecular formula is C16H15BrO3S. The molecule has 1 aromatic heterocycles. The van der Waals surface area contributed by atoms with Crippen molar-refractivity contribution < 1.29 is 14.3 Å². The Morgan fingerprint density at radius 3 is 2.38 bits per heavy atom. The normalized spacial score (nSPS) is 13.5. The second-order valence-electron chi connectivity index (χ2n) is 4.65. The molecule has 0 radical (unpaired) electrons. The Morgan fingerprint density at radius 1 is 1.10 bits per heavy atom. The minimum atomic E-state index is -0.345. The molecule has 0 N–H and O–H groups in total. The van der Waals surface area contributed by atoms with Crippen LogP contribution in [0.25, 0.3) is 0 Å². The molecule has 0 bridgehead atoms. The molecule has 110 valence electrons. The van der Waals surface area contributed by atoms with Gasteiger partial charge in [-0.3, -0.25) is 9.59 Å². The summed E-state index contributed by atoms with van der Waals surface area (Å²) in [6.07, 6.45) is 0. The zero-order chi connectivity index (χ0) is 15.4. The van der Waals surface area contributed by atoms with E-state index in [1.54, 1.807) is 26.0 Å². The molecule has 2 unspecified atom stereocenters. The number of esters is 1. The first kappa shape index (κ1) is 15.9. The second kappa shape index (κ2) is 7.00. The monoisotopic (exact) mass is 366 g/mol. The van der Waals surface area contributed by atoms with Crippen LogP contribution in [0.15, 0.2) is 42.5 Å². The molecule has 1 aromatic carbocycles. The van der Waals surface area contributed by atoms with Crippen molar-refractivity contribution in [3.63, 3.8) is 0 Å². The van der Waals surface area contributed by atoms with Crippen molar-refractivity contribution in [1.29, 1.82) is 0 Å². The van der Waals surface area contributed by atoms with Gasteiger partial charge in [-0.25, -0.2) is 0 Å². The van der Waals surface area contributed by atoms with E-state index >= 15 is 0 Å². The highest BCUT2D eigenvalue weighted by molar-refractivity contribution is 9.10. The molecule has 0 spiro atoms. The van der Waals surface area contributed by atoms with Crippen molar-refractivity contribution in [2.45, 2.75) is 24.6 Å². The Kier molecular flexibility index (Phi) is 5.31. The molecule has 0 fully saturated rings. The number of carbonyl (C=O) groups excluding carboxylic acids is 2. The highest BCUT2D eigenvalue weighted by atomic mass is 79.9. The van der Waals surface area contributed by atoms with Crippen LogP contribution < -0.4 is 4.74 Å². The molecule has 1 heterocycles. The van der Waals surface area contributed by atoms with Crippen molar-refractivity contribution in [2.75, 3.05) is 0 Å². The fourth-order valence-electron chi connectivity index (χ4n) is 1.77. The quantitative estimate of drug-likeness (QED) is 0.446. The second-order valence-corrected chi connectivity index (χ2v) is 7.07. The molecule has 0 aliphatic rings. The maximum atomic E-state index is 12.1. The Balaban J connectivity index is 2.05. The number of ether oxygens (including phenoxy) is 1. The number of hydrogen-bond donors (Lipinski definition) is 0. The molecule has 0 aliphatic heterocycles. The van der Waals surface area contributed by atoms with E-state index in [9.17, 15) is 9.59 Å². The molecule has 2 rings (SSSR count). The van der Waals surface area contributed by atoms with Crippen molar-refractivity contribution in [1.82, 2.24) is 0 Å². The molecule has 2 aromatic rings. The van der Waals surface area contributed by atoms with Crippen molar-refractivity contribution in [3.05, 3.63) is 52.9 Å². The van der Waals surface area contributed by atoms with E-state index in [4.69, 9.17) is 4.74 Å². The topological polar surface area (TPSA) is 43.4 Å². The summed E-state index contributed by atoms with van der Waals surface area (Å²) in [5.74, 6) is -0.685. The molecule has 21 heavy (non-hydrogen) atoms. The largest absolute Gasteiger partial charge is 0.415 e. The summed E-state index contributed by atoms with van der Waals surface area (Å²) in [6.45, 7) is 3.57. The summed E-state index contributed by atoms with van der Waals surface area (Å²) in [4.78, 5) is 24.3. The van der Waals surface area contributed by atoms with Gasteiger partial charge in [-0.1, -0.05) is 57.6 Å². The zero-order valence-corrected chi connectivity index (χ0v) is 14.1. The number of ketones is 1. The van der Waals surface area contributed by atoms with Gasteiger partial charge in [0.15, 0.2) is 10.8 Å². The minimum absolute atomic E-state index is 0.0154. The summed E-state index contributed by atoms with van der Waals surface area (Å²) >= 11 is 4.43. The van der Waals surface area contributed by atoms with Crippen LogP contribution in [0.3, 0.4) is 0 Å². The van der Waals surface area contributed by atoms with Crippen LogP contribution in [-0.4, -0.2) is 16.6 Å². The summed E-state index contributed by atoms with van der Waals surface area (Å²) < 4.78 is 5.35. The molecule has 0 saturated carbocycles. The number of halogens is 1. The smallest absolute Gasteiger partial charge is 0.319 e. The van der Waals surface area contributed by atoms with Crippen LogP contribution >= 0.6 is 27.3 Å². The van der Waals surface area contributed by atoms with Gasteiger partial charge < -0.3 is 4.74 Å². The van der Waals surface area contributed by atoms with Gasteiger partial charge >= 0.3 is 5.97 Å². The number of rotatable bonds is 5. The maximum absolute atomic E-state index is 12.1. The lowest BCUT2D eigenvalue weighted by atomic mass is 10.0. The lowest BCUT2D eigenvalue weighted by molar-refractivity contribution is -0.135. The van der Waals surface area contributed by atoms with E-state index < -0.39 is 0 Å². The van der Waals surface area contributed by atoms with Gasteiger partial charge in [0.1, 0.15) is 0 Å². The first-order chi connectivity index (χ1) is 9.99. The van der Waals surface area contributed by atoms with Crippen LogP contribution in [0, 0.1) is 0 Å². The molecule has 3 nitrogen and oxygen atoms in total. The van der Waals surface area contributed by atoms with Crippen LogP contribution in [0.1, 0.15) is 35.0 Å². The van der Waals surface area contributed by atoms with Crippen LogP contribution in [0.4, 0.5) is 0 Å². The summed E-state index contributed by atoms with van der Waals surface area (Å²) in [6, 6.07) is 12.8. The van der Waals surface area contributed by atoms with E-state index in [2.05, 4.69) is 15.9 Å². The first-order valence-electron chi connectivity index (χ1n) is 6.54. The van der Waals surface area contributed by atoms with Gasteiger partial charge in [-0.05, 0) is 31.5 Å². The lowest BCUT2D eigenvalue weighted by Gasteiger charge is -2.10. The van der Waals surface area contributed by atoms with E-state index in [1.165, 1.54) is 11.3 Å². The van der Waals surface area contributed by atoms with Crippen LogP contribution in [0.2, 0.25) is 0 Å². The van der Waals surface area contributed by atoms with Gasteiger partial charge in [-0.15, -0.1) is 0 Å². The van der Waals surface area contributed by atoms with Crippen molar-refractivity contribution in [2.24, 2.45) is 0 Å². The number of alkyl halides is 1. The van der Waals surface area contributed by atoms with Gasteiger partial charge in [0, 0.05) is 0 Å². The fraction of sp³-hybridized carbons (Fsp3) is 0.250. The number of hydrogen-bond acceptors (Lipinski definition) is 4. The minimum Gasteiger partial charge on any atom is -0.415 e. The van der Waals surface area contributed by atoms with E-state index in [1.807, 2.05) is 30.3 Å². The van der Waals surface area contributed by atoms with Gasteiger partial charge in [0.05, 0.1) is 15.6 Å². The molecule has 5 heteroatoms. The molecule has 2 atom stereocenters. The average molecular weight is 367 g/mol. The average Bonchev–Trinajstić information content (AvgIpc) is 2.94. The fourth-order valence-corrected chi connectivity index (χ4v) is 3.06. The SMILES string of the molecule is CC(Br)C(=O)c1ccc(OC(=O)C(C)c2ccccc2)s1. The van der Waals surface area contributed by atoms with Crippen molar-refractivity contribution >= 4 is 39.0 Å². The van der Waals surface area contributed by atoms with Gasteiger partial charge in [-0.2, -0.15) is 0 Å². The summed E-state index contributed by atoms with van der Waals surface area (Å²) in [5.41, 5.74) is 0.907. The third-order valence-electron chi connectivity index (χ3n) is 3.04. The molecule has 0 aliphatic carbocycles. The number of Topliss-reactive ketones (excluding diaryl/α,β-unsaturated/α-hetero) is 1. The number of thiophene rings is 1. The predicted octanol–water partition coefficient (Wildman–Crippen LogP) is 4.42. The molecule has 0 saturated heterocycles. The Bertz CT molecular complexity index is 634. The van der Waals surface area contributed by atoms with Gasteiger partial charge in [0.25, 0.3) is 0 Å². The van der Waals surface area contributed by atoms with Crippen LogP contribution in [-0.2, 0) is 4.79 Å². The van der Waals surface area contributed by atoms with E-state index in [0.29, 0.717) is 9.94 Å². The lowest BCUT2D eigenvalue weighted by Crippen LogP contribution is -2.15.